The molecule has 16 heavy (non-hydrogen) atoms. The first kappa shape index (κ1) is 15.7. The fourth-order valence-corrected chi connectivity index (χ4v) is 1.49. The fourth-order valence-electron chi connectivity index (χ4n) is 1.37. The van der Waals surface area contributed by atoms with Gasteiger partial charge in [-0.3, -0.25) is 4.79 Å². The number of alkyl halides is 1. The maximum atomic E-state index is 11.7. The van der Waals surface area contributed by atoms with Crippen LogP contribution in [0.5, 0.6) is 0 Å². The van der Waals surface area contributed by atoms with Crippen LogP contribution in [0.25, 0.3) is 0 Å². The summed E-state index contributed by atoms with van der Waals surface area (Å²) in [6.07, 6.45) is 1.15. The number of hydrogen-bond acceptors (Lipinski definition) is 2. The van der Waals surface area contributed by atoms with Crippen molar-refractivity contribution in [3.8, 4) is 0 Å². The molecule has 1 amide bonds. The Balaban J connectivity index is 3.84. The van der Waals surface area contributed by atoms with Crippen molar-refractivity contribution in [1.82, 2.24) is 10.2 Å². The molecule has 4 heteroatoms. The number of amides is 1. The Bertz CT molecular complexity index is 207. The largest absolute Gasteiger partial charge is 0.354 e. The van der Waals surface area contributed by atoms with E-state index in [4.69, 9.17) is 11.6 Å². The topological polar surface area (TPSA) is 32.3 Å². The molecule has 96 valence electrons. The zero-order valence-corrected chi connectivity index (χ0v) is 11.7. The first-order chi connectivity index (χ1) is 7.47. The maximum Gasteiger partial charge on any atom is 0.226 e. The van der Waals surface area contributed by atoms with Crippen LogP contribution in [0, 0.1) is 5.41 Å². The third kappa shape index (κ3) is 5.71. The Hall–Kier alpha value is -0.280. The van der Waals surface area contributed by atoms with Crippen molar-refractivity contribution < 1.29 is 4.79 Å². The van der Waals surface area contributed by atoms with Crippen molar-refractivity contribution in [3.05, 3.63) is 0 Å². The van der Waals surface area contributed by atoms with Crippen molar-refractivity contribution in [1.29, 1.82) is 0 Å². The highest BCUT2D eigenvalue weighted by molar-refractivity contribution is 6.19. The average Bonchev–Trinajstić information content (AvgIpc) is 2.27. The van der Waals surface area contributed by atoms with Crippen molar-refractivity contribution in [2.24, 2.45) is 5.41 Å². The molecule has 0 radical (unpaired) electrons. The van der Waals surface area contributed by atoms with E-state index in [-0.39, 0.29) is 5.91 Å². The van der Waals surface area contributed by atoms with Crippen LogP contribution in [0.2, 0.25) is 0 Å². The van der Waals surface area contributed by atoms with Crippen LogP contribution in [0.3, 0.4) is 0 Å². The van der Waals surface area contributed by atoms with Crippen molar-refractivity contribution in [2.45, 2.75) is 34.1 Å². The van der Waals surface area contributed by atoms with Gasteiger partial charge in [-0.2, -0.15) is 0 Å². The predicted molar refractivity (Wildman–Crippen MR) is 69.9 cm³/mol. The number of rotatable bonds is 8. The third-order valence-corrected chi connectivity index (χ3v) is 3.32. The SMILES string of the molecule is CCCN(CC)CCNC(=O)C(C)(C)CCl. The van der Waals surface area contributed by atoms with Gasteiger partial charge in [0.2, 0.25) is 5.91 Å². The van der Waals surface area contributed by atoms with E-state index in [0.717, 1.165) is 26.1 Å². The molecule has 0 saturated heterocycles. The summed E-state index contributed by atoms with van der Waals surface area (Å²) in [6.45, 7) is 11.8. The molecule has 0 atom stereocenters. The summed E-state index contributed by atoms with van der Waals surface area (Å²) >= 11 is 5.74. The Morgan fingerprint density at radius 3 is 2.38 bits per heavy atom. The Kier molecular flexibility index (Phi) is 7.77. The number of carbonyl (C=O) groups excluding carboxylic acids is 1. The Morgan fingerprint density at radius 2 is 1.94 bits per heavy atom. The van der Waals surface area contributed by atoms with E-state index in [2.05, 4.69) is 24.1 Å². The molecule has 0 unspecified atom stereocenters. The minimum absolute atomic E-state index is 0.0371. The second-order valence-electron chi connectivity index (χ2n) is 4.71. The van der Waals surface area contributed by atoms with Crippen molar-refractivity contribution in [2.75, 3.05) is 32.1 Å². The van der Waals surface area contributed by atoms with Gasteiger partial charge in [0.1, 0.15) is 0 Å². The summed E-state index contributed by atoms with van der Waals surface area (Å²) in [6, 6.07) is 0. The molecular formula is C12H25ClN2O. The molecule has 0 spiro atoms. The summed E-state index contributed by atoms with van der Waals surface area (Å²) in [4.78, 5) is 14.0. The predicted octanol–water partition coefficient (Wildman–Crippen LogP) is 2.10. The molecular weight excluding hydrogens is 224 g/mol. The maximum absolute atomic E-state index is 11.7. The zero-order chi connectivity index (χ0) is 12.6. The van der Waals surface area contributed by atoms with Crippen LogP contribution < -0.4 is 5.32 Å². The van der Waals surface area contributed by atoms with E-state index in [9.17, 15) is 4.79 Å². The molecule has 0 fully saturated rings. The first-order valence-corrected chi connectivity index (χ1v) is 6.58. The fraction of sp³-hybridized carbons (Fsp3) is 0.917. The number of nitrogens with zero attached hydrogens (tertiary/aromatic N) is 1. The van der Waals surface area contributed by atoms with E-state index in [1.807, 2.05) is 13.8 Å². The molecule has 0 aliphatic carbocycles. The first-order valence-electron chi connectivity index (χ1n) is 6.04. The molecule has 0 rings (SSSR count). The minimum atomic E-state index is -0.469. The standard InChI is InChI=1S/C12H25ClN2O/c1-5-8-15(6-2)9-7-14-11(16)12(3,4)10-13/h5-10H2,1-4H3,(H,14,16). The third-order valence-electron chi connectivity index (χ3n) is 2.65. The van der Waals surface area contributed by atoms with E-state index in [1.165, 1.54) is 0 Å². The zero-order valence-electron chi connectivity index (χ0n) is 11.0. The number of halogens is 1. The highest BCUT2D eigenvalue weighted by Gasteiger charge is 2.25. The molecule has 0 saturated carbocycles. The Labute approximate surface area is 105 Å². The molecule has 0 aromatic carbocycles. The van der Waals surface area contributed by atoms with Gasteiger partial charge in [0.05, 0.1) is 5.41 Å². The lowest BCUT2D eigenvalue weighted by molar-refractivity contribution is -0.128. The number of carbonyl (C=O) groups is 1. The number of hydrogen-bond donors (Lipinski definition) is 1. The van der Waals surface area contributed by atoms with Crippen LogP contribution in [0.15, 0.2) is 0 Å². The molecule has 3 nitrogen and oxygen atoms in total. The van der Waals surface area contributed by atoms with Crippen molar-refractivity contribution >= 4 is 17.5 Å². The van der Waals surface area contributed by atoms with Crippen LogP contribution in [0.4, 0.5) is 0 Å². The Morgan fingerprint density at radius 1 is 1.31 bits per heavy atom. The van der Waals surface area contributed by atoms with Gasteiger partial charge in [-0.25, -0.2) is 0 Å². The summed E-state index contributed by atoms with van der Waals surface area (Å²) in [7, 11) is 0. The summed E-state index contributed by atoms with van der Waals surface area (Å²) in [5.74, 6) is 0.390. The second-order valence-corrected chi connectivity index (χ2v) is 4.97. The number of likely N-dealkylation sites (N-methyl/N-ethyl adjacent to an activating group) is 1. The lowest BCUT2D eigenvalue weighted by Crippen LogP contribution is -2.42. The minimum Gasteiger partial charge on any atom is -0.354 e. The second kappa shape index (κ2) is 7.91. The van der Waals surface area contributed by atoms with Gasteiger partial charge >= 0.3 is 0 Å². The number of nitrogens with one attached hydrogen (secondary N) is 1. The molecule has 0 heterocycles. The summed E-state index contributed by atoms with van der Waals surface area (Å²) in [5.41, 5.74) is -0.469. The van der Waals surface area contributed by atoms with Gasteiger partial charge in [0, 0.05) is 19.0 Å². The molecule has 0 aromatic heterocycles. The smallest absolute Gasteiger partial charge is 0.226 e. The van der Waals surface area contributed by atoms with E-state index < -0.39 is 5.41 Å². The van der Waals surface area contributed by atoms with Gasteiger partial charge in [-0.15, -0.1) is 11.6 Å². The lowest BCUT2D eigenvalue weighted by Gasteiger charge is -2.23. The molecule has 0 bridgehead atoms. The summed E-state index contributed by atoms with van der Waals surface area (Å²) in [5, 5.41) is 2.93. The lowest BCUT2D eigenvalue weighted by atomic mass is 9.95. The van der Waals surface area contributed by atoms with Crippen LogP contribution >= 0.6 is 11.6 Å². The van der Waals surface area contributed by atoms with E-state index >= 15 is 0 Å². The molecule has 0 aliphatic rings. The van der Waals surface area contributed by atoms with Crippen LogP contribution in [0.1, 0.15) is 34.1 Å². The summed E-state index contributed by atoms with van der Waals surface area (Å²) < 4.78 is 0. The van der Waals surface area contributed by atoms with Crippen LogP contribution in [-0.4, -0.2) is 42.9 Å². The highest BCUT2D eigenvalue weighted by atomic mass is 35.5. The van der Waals surface area contributed by atoms with Gasteiger partial charge < -0.3 is 10.2 Å². The van der Waals surface area contributed by atoms with E-state index in [1.54, 1.807) is 0 Å². The van der Waals surface area contributed by atoms with Gasteiger partial charge in [-0.1, -0.05) is 13.8 Å². The van der Waals surface area contributed by atoms with Crippen LogP contribution in [-0.2, 0) is 4.79 Å². The molecule has 0 aliphatic heterocycles. The normalized spacial score (nSPS) is 11.9. The molecule has 0 aromatic rings. The van der Waals surface area contributed by atoms with E-state index in [0.29, 0.717) is 12.4 Å². The monoisotopic (exact) mass is 248 g/mol. The van der Waals surface area contributed by atoms with Gasteiger partial charge in [0.25, 0.3) is 0 Å². The van der Waals surface area contributed by atoms with Gasteiger partial charge in [-0.05, 0) is 33.4 Å². The van der Waals surface area contributed by atoms with Crippen molar-refractivity contribution in [3.63, 3.8) is 0 Å². The average molecular weight is 249 g/mol. The molecule has 1 N–H and O–H groups in total. The van der Waals surface area contributed by atoms with Gasteiger partial charge in [0.15, 0.2) is 0 Å². The highest BCUT2D eigenvalue weighted by Crippen LogP contribution is 2.16. The quantitative estimate of drug-likeness (QED) is 0.668.